The average molecular weight is 313 g/mol. The standard InChI is InChI=1S/C12H9ClN2O4S/c13-8-2-1-3-9(4-8)20(18,19)6-11-10(12(16)17)5-14-7-15-11/h1-5,7H,6H2,(H,16,17). The molecule has 0 atom stereocenters. The first kappa shape index (κ1) is 14.4. The first-order valence-corrected chi connectivity index (χ1v) is 7.43. The number of aromatic nitrogens is 2. The fraction of sp³-hybridized carbons (Fsp3) is 0.0833. The first-order chi connectivity index (χ1) is 9.40. The molecule has 0 aliphatic carbocycles. The van der Waals surface area contributed by atoms with Gasteiger partial charge in [-0.15, -0.1) is 0 Å². The van der Waals surface area contributed by atoms with Crippen LogP contribution in [0.2, 0.25) is 5.02 Å². The average Bonchev–Trinajstić information content (AvgIpc) is 2.38. The molecule has 0 radical (unpaired) electrons. The molecule has 0 bridgehead atoms. The summed E-state index contributed by atoms with van der Waals surface area (Å²) in [4.78, 5) is 18.3. The van der Waals surface area contributed by atoms with E-state index in [-0.39, 0.29) is 21.2 Å². The summed E-state index contributed by atoms with van der Waals surface area (Å²) in [6.45, 7) is 0. The molecule has 0 aliphatic rings. The fourth-order valence-electron chi connectivity index (χ4n) is 1.57. The number of carboxylic acid groups (broad SMARTS) is 1. The molecule has 104 valence electrons. The highest BCUT2D eigenvalue weighted by Crippen LogP contribution is 2.20. The SMILES string of the molecule is O=C(O)c1cncnc1CS(=O)(=O)c1cccc(Cl)c1. The number of carbonyl (C=O) groups is 1. The summed E-state index contributed by atoms with van der Waals surface area (Å²) in [5, 5.41) is 9.27. The highest BCUT2D eigenvalue weighted by Gasteiger charge is 2.21. The molecule has 0 saturated heterocycles. The van der Waals surface area contributed by atoms with E-state index in [1.165, 1.54) is 18.2 Å². The Morgan fingerprint density at radius 1 is 1.35 bits per heavy atom. The van der Waals surface area contributed by atoms with Gasteiger partial charge < -0.3 is 5.11 Å². The van der Waals surface area contributed by atoms with Crippen LogP contribution in [0.25, 0.3) is 0 Å². The lowest BCUT2D eigenvalue weighted by Gasteiger charge is -2.06. The Balaban J connectivity index is 2.41. The van der Waals surface area contributed by atoms with E-state index in [9.17, 15) is 13.2 Å². The smallest absolute Gasteiger partial charge is 0.339 e. The van der Waals surface area contributed by atoms with Crippen molar-refractivity contribution in [3.63, 3.8) is 0 Å². The molecule has 0 unspecified atom stereocenters. The van der Waals surface area contributed by atoms with Crippen LogP contribution in [0.1, 0.15) is 16.1 Å². The summed E-state index contributed by atoms with van der Waals surface area (Å²) < 4.78 is 24.4. The van der Waals surface area contributed by atoms with Crippen molar-refractivity contribution in [2.75, 3.05) is 0 Å². The number of benzene rings is 1. The normalized spacial score (nSPS) is 11.2. The highest BCUT2D eigenvalue weighted by molar-refractivity contribution is 7.90. The molecule has 1 heterocycles. The molecule has 0 amide bonds. The van der Waals surface area contributed by atoms with Gasteiger partial charge in [-0.2, -0.15) is 0 Å². The maximum atomic E-state index is 12.2. The highest BCUT2D eigenvalue weighted by atomic mass is 35.5. The Labute approximate surface area is 120 Å². The van der Waals surface area contributed by atoms with Crippen molar-refractivity contribution in [1.82, 2.24) is 9.97 Å². The predicted octanol–water partition coefficient (Wildman–Crippen LogP) is 1.80. The molecule has 0 spiro atoms. The van der Waals surface area contributed by atoms with E-state index in [2.05, 4.69) is 9.97 Å². The summed E-state index contributed by atoms with van der Waals surface area (Å²) in [6.07, 6.45) is 2.17. The van der Waals surface area contributed by atoms with Crippen molar-refractivity contribution in [1.29, 1.82) is 0 Å². The van der Waals surface area contributed by atoms with Gasteiger partial charge in [-0.3, -0.25) is 0 Å². The largest absolute Gasteiger partial charge is 0.478 e. The minimum atomic E-state index is -3.73. The minimum absolute atomic E-state index is 0.0138. The van der Waals surface area contributed by atoms with Crippen LogP contribution >= 0.6 is 11.6 Å². The summed E-state index contributed by atoms with van der Waals surface area (Å²) in [5.74, 6) is -1.81. The number of hydrogen-bond acceptors (Lipinski definition) is 5. The number of rotatable bonds is 4. The van der Waals surface area contributed by atoms with Crippen LogP contribution in [0.4, 0.5) is 0 Å². The number of carboxylic acids is 1. The van der Waals surface area contributed by atoms with Gasteiger partial charge in [-0.1, -0.05) is 17.7 Å². The van der Waals surface area contributed by atoms with E-state index >= 15 is 0 Å². The summed E-state index contributed by atoms with van der Waals surface area (Å²) in [7, 11) is -3.73. The lowest BCUT2D eigenvalue weighted by molar-refractivity contribution is 0.0695. The second kappa shape index (κ2) is 5.56. The lowest BCUT2D eigenvalue weighted by atomic mass is 10.2. The van der Waals surface area contributed by atoms with Crippen LogP contribution in [0.15, 0.2) is 41.7 Å². The van der Waals surface area contributed by atoms with Crippen molar-refractivity contribution in [3.05, 3.63) is 53.1 Å². The fourth-order valence-corrected chi connectivity index (χ4v) is 3.18. The number of hydrogen-bond donors (Lipinski definition) is 1. The number of nitrogens with zero attached hydrogens (tertiary/aromatic N) is 2. The third kappa shape index (κ3) is 3.12. The molecule has 1 aromatic heterocycles. The third-order valence-electron chi connectivity index (χ3n) is 2.51. The molecule has 1 N–H and O–H groups in total. The van der Waals surface area contributed by atoms with Crippen LogP contribution in [-0.2, 0) is 15.6 Å². The van der Waals surface area contributed by atoms with Gasteiger partial charge in [0.05, 0.1) is 16.3 Å². The molecule has 2 aromatic rings. The maximum Gasteiger partial charge on any atom is 0.339 e. The zero-order valence-corrected chi connectivity index (χ0v) is 11.6. The molecular formula is C12H9ClN2O4S. The third-order valence-corrected chi connectivity index (χ3v) is 4.37. The zero-order chi connectivity index (χ0) is 14.8. The van der Waals surface area contributed by atoms with Crippen molar-refractivity contribution >= 4 is 27.4 Å². The van der Waals surface area contributed by atoms with Gasteiger partial charge in [0.2, 0.25) is 0 Å². The van der Waals surface area contributed by atoms with E-state index in [1.807, 2.05) is 0 Å². The number of aromatic carboxylic acids is 1. The second-order valence-electron chi connectivity index (χ2n) is 3.90. The molecule has 20 heavy (non-hydrogen) atoms. The molecule has 1 aromatic carbocycles. The van der Waals surface area contributed by atoms with E-state index in [0.717, 1.165) is 12.5 Å². The Kier molecular flexibility index (Phi) is 4.01. The first-order valence-electron chi connectivity index (χ1n) is 5.40. The summed E-state index contributed by atoms with van der Waals surface area (Å²) >= 11 is 5.75. The number of halogens is 1. The van der Waals surface area contributed by atoms with Gasteiger partial charge in [-0.25, -0.2) is 23.2 Å². The van der Waals surface area contributed by atoms with E-state index in [4.69, 9.17) is 16.7 Å². The summed E-state index contributed by atoms with van der Waals surface area (Å²) in [6, 6.07) is 5.75. The molecule has 0 saturated carbocycles. The van der Waals surface area contributed by atoms with E-state index in [1.54, 1.807) is 6.07 Å². The van der Waals surface area contributed by atoms with Crippen LogP contribution in [0, 0.1) is 0 Å². The number of sulfone groups is 1. The van der Waals surface area contributed by atoms with Crippen LogP contribution < -0.4 is 0 Å². The molecular weight excluding hydrogens is 304 g/mol. The Morgan fingerprint density at radius 3 is 2.75 bits per heavy atom. The van der Waals surface area contributed by atoms with Gasteiger partial charge in [0.25, 0.3) is 0 Å². The maximum absolute atomic E-state index is 12.2. The van der Waals surface area contributed by atoms with Crippen molar-refractivity contribution in [2.24, 2.45) is 0 Å². The van der Waals surface area contributed by atoms with Gasteiger partial charge in [0, 0.05) is 11.2 Å². The van der Waals surface area contributed by atoms with Crippen LogP contribution in [0.3, 0.4) is 0 Å². The molecule has 0 aliphatic heterocycles. The Hall–Kier alpha value is -1.99. The van der Waals surface area contributed by atoms with Crippen molar-refractivity contribution in [3.8, 4) is 0 Å². The quantitative estimate of drug-likeness (QED) is 0.924. The topological polar surface area (TPSA) is 97.2 Å². The molecule has 2 rings (SSSR count). The van der Waals surface area contributed by atoms with Crippen LogP contribution in [-0.4, -0.2) is 29.5 Å². The predicted molar refractivity (Wildman–Crippen MR) is 71.3 cm³/mol. The van der Waals surface area contributed by atoms with Crippen LogP contribution in [0.5, 0.6) is 0 Å². The van der Waals surface area contributed by atoms with Crippen molar-refractivity contribution < 1.29 is 18.3 Å². The van der Waals surface area contributed by atoms with E-state index < -0.39 is 21.6 Å². The van der Waals surface area contributed by atoms with Gasteiger partial charge >= 0.3 is 5.97 Å². The van der Waals surface area contributed by atoms with E-state index in [0.29, 0.717) is 0 Å². The zero-order valence-electron chi connectivity index (χ0n) is 10.0. The van der Waals surface area contributed by atoms with Gasteiger partial charge in [0.1, 0.15) is 11.9 Å². The van der Waals surface area contributed by atoms with Crippen molar-refractivity contribution in [2.45, 2.75) is 10.6 Å². The monoisotopic (exact) mass is 312 g/mol. The van der Waals surface area contributed by atoms with Gasteiger partial charge in [0.15, 0.2) is 9.84 Å². The molecule has 6 nitrogen and oxygen atoms in total. The Morgan fingerprint density at radius 2 is 2.10 bits per heavy atom. The summed E-state index contributed by atoms with van der Waals surface area (Å²) in [5.41, 5.74) is -0.300. The second-order valence-corrected chi connectivity index (χ2v) is 6.33. The van der Waals surface area contributed by atoms with Gasteiger partial charge in [-0.05, 0) is 18.2 Å². The molecule has 8 heteroatoms. The lowest BCUT2D eigenvalue weighted by Crippen LogP contribution is -2.12. The molecule has 0 fully saturated rings. The Bertz CT molecular complexity index is 762. The minimum Gasteiger partial charge on any atom is -0.478 e.